The minimum absolute atomic E-state index is 0.0711. The van der Waals surface area contributed by atoms with Gasteiger partial charge in [0.25, 0.3) is 5.69 Å². The van der Waals surface area contributed by atoms with E-state index in [-0.39, 0.29) is 17.1 Å². The van der Waals surface area contributed by atoms with Gasteiger partial charge < -0.3 is 9.73 Å². The van der Waals surface area contributed by atoms with Gasteiger partial charge in [-0.15, -0.1) is 0 Å². The number of halogens is 3. The maximum Gasteiger partial charge on any atom is 0.416 e. The van der Waals surface area contributed by atoms with Crippen LogP contribution in [0.1, 0.15) is 16.9 Å². The molecule has 9 nitrogen and oxygen atoms in total. The summed E-state index contributed by atoms with van der Waals surface area (Å²) in [4.78, 5) is 34.3. The second kappa shape index (κ2) is 9.34. The molecule has 0 atom stereocenters. The van der Waals surface area contributed by atoms with E-state index in [1.165, 1.54) is 24.3 Å². The van der Waals surface area contributed by atoms with Crippen molar-refractivity contribution in [2.75, 3.05) is 5.32 Å². The van der Waals surface area contributed by atoms with Crippen LogP contribution in [-0.4, -0.2) is 23.0 Å². The standard InChI is InChI=1S/C21H15F3N4O5/c1-12-16(6-3-7-17(12)28(31)32)18-9-8-15(33-18)11-25-27-20(30)19(29)26-14-5-2-4-13(10-14)21(22,23)24/h2-11H,1H3,(H,26,29)(H,27,30). The first-order chi connectivity index (χ1) is 15.6. The number of anilines is 1. The van der Waals surface area contributed by atoms with Crippen LogP contribution >= 0.6 is 0 Å². The lowest BCUT2D eigenvalue weighted by atomic mass is 10.1. The van der Waals surface area contributed by atoms with Crippen LogP contribution in [0.5, 0.6) is 0 Å². The Morgan fingerprint density at radius 1 is 1.09 bits per heavy atom. The molecule has 0 aliphatic heterocycles. The van der Waals surface area contributed by atoms with Gasteiger partial charge in [-0.3, -0.25) is 19.7 Å². The molecule has 0 aliphatic carbocycles. The maximum atomic E-state index is 12.7. The fraction of sp³-hybridized carbons (Fsp3) is 0.0952. The van der Waals surface area contributed by atoms with Gasteiger partial charge in [0.1, 0.15) is 11.5 Å². The zero-order valence-electron chi connectivity index (χ0n) is 16.8. The second-order valence-corrected chi connectivity index (χ2v) is 6.64. The van der Waals surface area contributed by atoms with Crippen molar-refractivity contribution >= 4 is 29.4 Å². The summed E-state index contributed by atoms with van der Waals surface area (Å²) in [6.07, 6.45) is -3.51. The van der Waals surface area contributed by atoms with E-state index in [4.69, 9.17) is 4.42 Å². The number of furan rings is 1. The number of rotatable bonds is 5. The zero-order chi connectivity index (χ0) is 24.2. The number of nitro benzene ring substituents is 1. The number of amides is 2. The Labute approximate surface area is 184 Å². The highest BCUT2D eigenvalue weighted by Gasteiger charge is 2.30. The lowest BCUT2D eigenvalue weighted by Crippen LogP contribution is -2.32. The molecule has 33 heavy (non-hydrogen) atoms. The Hall–Kier alpha value is -4.48. The van der Waals surface area contributed by atoms with Crippen LogP contribution in [0.25, 0.3) is 11.3 Å². The molecule has 3 aromatic rings. The Bertz CT molecular complexity index is 1250. The van der Waals surface area contributed by atoms with E-state index in [0.717, 1.165) is 18.3 Å². The summed E-state index contributed by atoms with van der Waals surface area (Å²) in [5.41, 5.74) is 1.56. The topological polar surface area (TPSA) is 127 Å². The van der Waals surface area contributed by atoms with Crippen LogP contribution in [-0.2, 0) is 15.8 Å². The first kappa shape index (κ1) is 23.2. The van der Waals surface area contributed by atoms with Gasteiger partial charge in [-0.25, -0.2) is 5.43 Å². The molecule has 0 radical (unpaired) electrons. The lowest BCUT2D eigenvalue weighted by Gasteiger charge is -2.09. The van der Waals surface area contributed by atoms with Crippen LogP contribution < -0.4 is 10.7 Å². The van der Waals surface area contributed by atoms with E-state index < -0.39 is 28.5 Å². The molecule has 0 fully saturated rings. The van der Waals surface area contributed by atoms with Gasteiger partial charge in [0.15, 0.2) is 0 Å². The highest BCUT2D eigenvalue weighted by Crippen LogP contribution is 2.31. The summed E-state index contributed by atoms with van der Waals surface area (Å²) in [6.45, 7) is 1.58. The van der Waals surface area contributed by atoms with E-state index >= 15 is 0 Å². The van der Waals surface area contributed by atoms with Gasteiger partial charge in [-0.2, -0.15) is 18.3 Å². The Morgan fingerprint density at radius 3 is 2.52 bits per heavy atom. The molecule has 2 amide bonds. The van der Waals surface area contributed by atoms with E-state index in [0.29, 0.717) is 23.0 Å². The number of hydrazone groups is 1. The molecule has 1 aromatic heterocycles. The predicted octanol–water partition coefficient (Wildman–Crippen LogP) is 4.27. The van der Waals surface area contributed by atoms with Crippen molar-refractivity contribution in [3.8, 4) is 11.3 Å². The third-order valence-corrected chi connectivity index (χ3v) is 4.41. The third kappa shape index (κ3) is 5.61. The van der Waals surface area contributed by atoms with Crippen LogP contribution in [0, 0.1) is 17.0 Å². The molecular weight excluding hydrogens is 445 g/mol. The highest BCUT2D eigenvalue weighted by molar-refractivity contribution is 6.39. The summed E-state index contributed by atoms with van der Waals surface area (Å²) in [7, 11) is 0. The molecule has 2 aromatic carbocycles. The fourth-order valence-electron chi connectivity index (χ4n) is 2.82. The molecule has 3 rings (SSSR count). The molecule has 0 spiro atoms. The predicted molar refractivity (Wildman–Crippen MR) is 111 cm³/mol. The van der Waals surface area contributed by atoms with Gasteiger partial charge in [0.2, 0.25) is 0 Å². The number of carbonyl (C=O) groups is 2. The van der Waals surface area contributed by atoms with Crippen molar-refractivity contribution in [1.82, 2.24) is 5.43 Å². The normalized spacial score (nSPS) is 11.4. The first-order valence-corrected chi connectivity index (χ1v) is 9.22. The molecule has 0 saturated carbocycles. The number of hydrogen-bond acceptors (Lipinski definition) is 6. The number of nitrogens with one attached hydrogen (secondary N) is 2. The average Bonchev–Trinajstić information content (AvgIpc) is 3.21. The van der Waals surface area contributed by atoms with Crippen molar-refractivity contribution in [3.05, 3.63) is 81.6 Å². The molecule has 170 valence electrons. The van der Waals surface area contributed by atoms with Crippen LogP contribution in [0.3, 0.4) is 0 Å². The molecule has 0 aliphatic rings. The van der Waals surface area contributed by atoms with Crippen molar-refractivity contribution in [2.24, 2.45) is 5.10 Å². The van der Waals surface area contributed by atoms with E-state index in [2.05, 4.69) is 5.10 Å². The molecule has 12 heteroatoms. The molecule has 1 heterocycles. The van der Waals surface area contributed by atoms with Crippen LogP contribution in [0.4, 0.5) is 24.5 Å². The number of carbonyl (C=O) groups excluding carboxylic acids is 2. The van der Waals surface area contributed by atoms with Crippen LogP contribution in [0.15, 0.2) is 64.1 Å². The van der Waals surface area contributed by atoms with Crippen LogP contribution in [0.2, 0.25) is 0 Å². The molecule has 0 bridgehead atoms. The SMILES string of the molecule is Cc1c(-c2ccc(C=NNC(=O)C(=O)Nc3cccc(C(F)(F)F)c3)o2)cccc1[N+](=O)[O-]. The Kier molecular flexibility index (Phi) is 6.56. The summed E-state index contributed by atoms with van der Waals surface area (Å²) in [5.74, 6) is -1.94. The minimum atomic E-state index is -4.60. The summed E-state index contributed by atoms with van der Waals surface area (Å²) in [6, 6.07) is 11.4. The van der Waals surface area contributed by atoms with E-state index in [1.54, 1.807) is 19.1 Å². The number of nitro groups is 1. The van der Waals surface area contributed by atoms with Gasteiger partial charge in [-0.05, 0) is 37.3 Å². The summed E-state index contributed by atoms with van der Waals surface area (Å²) < 4.78 is 43.7. The average molecular weight is 460 g/mol. The summed E-state index contributed by atoms with van der Waals surface area (Å²) in [5, 5.41) is 16.7. The second-order valence-electron chi connectivity index (χ2n) is 6.64. The van der Waals surface area contributed by atoms with Crippen molar-refractivity contribution in [1.29, 1.82) is 0 Å². The fourth-order valence-corrected chi connectivity index (χ4v) is 2.82. The molecule has 2 N–H and O–H groups in total. The largest absolute Gasteiger partial charge is 0.455 e. The van der Waals surface area contributed by atoms with E-state index in [9.17, 15) is 32.9 Å². The first-order valence-electron chi connectivity index (χ1n) is 9.22. The number of nitrogens with zero attached hydrogens (tertiary/aromatic N) is 2. The highest BCUT2D eigenvalue weighted by atomic mass is 19.4. The van der Waals surface area contributed by atoms with Crippen molar-refractivity contribution in [2.45, 2.75) is 13.1 Å². The van der Waals surface area contributed by atoms with Gasteiger partial charge >= 0.3 is 18.0 Å². The van der Waals surface area contributed by atoms with Crippen molar-refractivity contribution < 1.29 is 32.1 Å². The smallest absolute Gasteiger partial charge is 0.416 e. The van der Waals surface area contributed by atoms with Gasteiger partial charge in [-0.1, -0.05) is 18.2 Å². The number of benzene rings is 2. The Balaban J connectivity index is 1.63. The number of alkyl halides is 3. The van der Waals surface area contributed by atoms with Gasteiger partial charge in [0, 0.05) is 22.9 Å². The quantitative estimate of drug-likeness (QED) is 0.254. The molecule has 0 saturated heterocycles. The molecular formula is C21H15F3N4O5. The van der Waals surface area contributed by atoms with Gasteiger partial charge in [0.05, 0.1) is 16.7 Å². The lowest BCUT2D eigenvalue weighted by molar-refractivity contribution is -0.385. The summed E-state index contributed by atoms with van der Waals surface area (Å²) >= 11 is 0. The third-order valence-electron chi connectivity index (χ3n) is 4.41. The minimum Gasteiger partial charge on any atom is -0.455 e. The van der Waals surface area contributed by atoms with Crippen molar-refractivity contribution in [3.63, 3.8) is 0 Å². The molecule has 0 unspecified atom stereocenters. The maximum absolute atomic E-state index is 12.7. The Morgan fingerprint density at radius 2 is 1.82 bits per heavy atom. The van der Waals surface area contributed by atoms with E-state index in [1.807, 2.05) is 10.7 Å². The number of hydrogen-bond donors (Lipinski definition) is 2. The monoisotopic (exact) mass is 460 g/mol. The zero-order valence-corrected chi connectivity index (χ0v) is 16.8.